The zero-order valence-corrected chi connectivity index (χ0v) is 12.8. The van der Waals surface area contributed by atoms with Gasteiger partial charge in [-0.1, -0.05) is 12.1 Å². The Morgan fingerprint density at radius 2 is 1.89 bits per heavy atom. The summed E-state index contributed by atoms with van der Waals surface area (Å²) in [6, 6.07) is 5.41. The molecule has 0 saturated carbocycles. The van der Waals surface area contributed by atoms with Gasteiger partial charge in [0.2, 0.25) is 10.0 Å². The fourth-order valence-electron chi connectivity index (χ4n) is 1.70. The summed E-state index contributed by atoms with van der Waals surface area (Å²) >= 11 is 5.68. The minimum Gasteiger partial charge on any atom is -0.207 e. The van der Waals surface area contributed by atoms with Crippen molar-refractivity contribution in [2.45, 2.75) is 44.6 Å². The Hall–Kier alpha value is -0.580. The number of rotatable bonds is 5. The molecule has 0 heterocycles. The second-order valence-electron chi connectivity index (χ2n) is 5.20. The Labute approximate surface area is 115 Å². The molecule has 0 amide bonds. The van der Waals surface area contributed by atoms with E-state index in [0.29, 0.717) is 17.2 Å². The molecule has 0 fully saturated rings. The van der Waals surface area contributed by atoms with E-state index in [1.54, 1.807) is 13.0 Å². The van der Waals surface area contributed by atoms with Gasteiger partial charge in [0.25, 0.3) is 0 Å². The van der Waals surface area contributed by atoms with E-state index < -0.39 is 15.6 Å². The summed E-state index contributed by atoms with van der Waals surface area (Å²) in [5, 5.41) is 0. The van der Waals surface area contributed by atoms with Gasteiger partial charge in [-0.25, -0.2) is 13.1 Å². The van der Waals surface area contributed by atoms with Crippen LogP contribution in [0.1, 0.15) is 31.4 Å². The molecule has 5 heteroatoms. The molecule has 0 saturated heterocycles. The molecule has 1 N–H and O–H groups in total. The molecule has 18 heavy (non-hydrogen) atoms. The van der Waals surface area contributed by atoms with Crippen LogP contribution in [0.5, 0.6) is 0 Å². The van der Waals surface area contributed by atoms with E-state index in [2.05, 4.69) is 4.72 Å². The van der Waals surface area contributed by atoms with E-state index in [0.717, 1.165) is 11.1 Å². The molecule has 3 nitrogen and oxygen atoms in total. The molecule has 0 unspecified atom stereocenters. The van der Waals surface area contributed by atoms with E-state index in [-0.39, 0.29) is 0 Å². The average Bonchev–Trinajstić information content (AvgIpc) is 2.19. The van der Waals surface area contributed by atoms with Crippen LogP contribution < -0.4 is 4.72 Å². The summed E-state index contributed by atoms with van der Waals surface area (Å²) in [7, 11) is -3.50. The number of benzene rings is 1. The molecule has 1 aromatic carbocycles. The Bertz CT molecular complexity index is 524. The van der Waals surface area contributed by atoms with Crippen LogP contribution in [0.25, 0.3) is 0 Å². The Kier molecular flexibility index (Phi) is 4.81. The quantitative estimate of drug-likeness (QED) is 0.847. The SMILES string of the molecule is Cc1ccc(C)c(S(=O)(=O)NC(C)(C)CCCl)c1. The van der Waals surface area contributed by atoms with Crippen LogP contribution in [0, 0.1) is 13.8 Å². The standard InChI is InChI=1S/C13H20ClNO2S/c1-10-5-6-11(2)12(9-10)18(16,17)15-13(3,4)7-8-14/h5-6,9,15H,7-8H2,1-4H3. The zero-order chi connectivity index (χ0) is 14.0. The monoisotopic (exact) mass is 289 g/mol. The van der Waals surface area contributed by atoms with Crippen molar-refractivity contribution in [2.75, 3.05) is 5.88 Å². The number of sulfonamides is 1. The fraction of sp³-hybridized carbons (Fsp3) is 0.538. The number of aryl methyl sites for hydroxylation is 2. The molecular formula is C13H20ClNO2S. The molecule has 0 aromatic heterocycles. The Balaban J connectivity index is 3.11. The third-order valence-electron chi connectivity index (χ3n) is 2.76. The summed E-state index contributed by atoms with van der Waals surface area (Å²) in [6.07, 6.45) is 0.582. The highest BCUT2D eigenvalue weighted by Gasteiger charge is 2.26. The van der Waals surface area contributed by atoms with Crippen molar-refractivity contribution < 1.29 is 8.42 Å². The van der Waals surface area contributed by atoms with E-state index in [4.69, 9.17) is 11.6 Å². The van der Waals surface area contributed by atoms with Crippen LogP contribution in [-0.4, -0.2) is 19.8 Å². The molecule has 1 rings (SSSR count). The van der Waals surface area contributed by atoms with Crippen LogP contribution in [0.4, 0.5) is 0 Å². The average molecular weight is 290 g/mol. The van der Waals surface area contributed by atoms with Crippen LogP contribution in [0.3, 0.4) is 0 Å². The van der Waals surface area contributed by atoms with Crippen molar-refractivity contribution in [1.82, 2.24) is 4.72 Å². The van der Waals surface area contributed by atoms with Gasteiger partial charge in [-0.3, -0.25) is 0 Å². The summed E-state index contributed by atoms with van der Waals surface area (Å²) in [6.45, 7) is 7.33. The summed E-state index contributed by atoms with van der Waals surface area (Å²) in [5.74, 6) is 0.419. The molecule has 0 aliphatic heterocycles. The van der Waals surface area contributed by atoms with Gasteiger partial charge in [0, 0.05) is 11.4 Å². The van der Waals surface area contributed by atoms with Gasteiger partial charge < -0.3 is 0 Å². The zero-order valence-electron chi connectivity index (χ0n) is 11.2. The topological polar surface area (TPSA) is 46.2 Å². The van der Waals surface area contributed by atoms with E-state index in [1.165, 1.54) is 0 Å². The maximum Gasteiger partial charge on any atom is 0.241 e. The molecule has 102 valence electrons. The molecule has 0 radical (unpaired) electrons. The Morgan fingerprint density at radius 1 is 1.28 bits per heavy atom. The molecule has 0 aliphatic carbocycles. The van der Waals surface area contributed by atoms with Crippen molar-refractivity contribution in [3.63, 3.8) is 0 Å². The second kappa shape index (κ2) is 5.59. The highest BCUT2D eigenvalue weighted by Crippen LogP contribution is 2.20. The number of alkyl halides is 1. The highest BCUT2D eigenvalue weighted by atomic mass is 35.5. The summed E-state index contributed by atoms with van der Waals surface area (Å²) < 4.78 is 27.4. The first-order chi connectivity index (χ1) is 8.18. The predicted octanol–water partition coefficient (Wildman–Crippen LogP) is 2.99. The third kappa shape index (κ3) is 3.97. The smallest absolute Gasteiger partial charge is 0.207 e. The lowest BCUT2D eigenvalue weighted by molar-refractivity contribution is 0.441. The number of nitrogens with one attached hydrogen (secondary N) is 1. The maximum absolute atomic E-state index is 12.3. The van der Waals surface area contributed by atoms with Gasteiger partial charge in [0.1, 0.15) is 0 Å². The molecule has 0 bridgehead atoms. The summed E-state index contributed by atoms with van der Waals surface area (Å²) in [5.41, 5.74) is 1.13. The lowest BCUT2D eigenvalue weighted by atomic mass is 10.0. The molecule has 0 spiro atoms. The number of hydrogen-bond donors (Lipinski definition) is 1. The molecular weight excluding hydrogens is 270 g/mol. The first-order valence-corrected chi connectivity index (χ1v) is 7.87. The van der Waals surface area contributed by atoms with Crippen LogP contribution >= 0.6 is 11.6 Å². The minimum absolute atomic E-state index is 0.338. The van der Waals surface area contributed by atoms with Gasteiger partial charge in [-0.2, -0.15) is 0 Å². The van der Waals surface area contributed by atoms with Gasteiger partial charge in [0.05, 0.1) is 4.90 Å². The Morgan fingerprint density at radius 3 is 2.44 bits per heavy atom. The van der Waals surface area contributed by atoms with Crippen LogP contribution in [0.2, 0.25) is 0 Å². The van der Waals surface area contributed by atoms with Crippen molar-refractivity contribution in [2.24, 2.45) is 0 Å². The highest BCUT2D eigenvalue weighted by molar-refractivity contribution is 7.89. The van der Waals surface area contributed by atoms with Gasteiger partial charge in [-0.15, -0.1) is 11.6 Å². The first-order valence-electron chi connectivity index (χ1n) is 5.85. The minimum atomic E-state index is -3.50. The van der Waals surface area contributed by atoms with Crippen LogP contribution in [-0.2, 0) is 10.0 Å². The number of hydrogen-bond acceptors (Lipinski definition) is 2. The van der Waals surface area contributed by atoms with Gasteiger partial charge in [-0.05, 0) is 51.3 Å². The van der Waals surface area contributed by atoms with E-state index >= 15 is 0 Å². The summed E-state index contributed by atoms with van der Waals surface area (Å²) in [4.78, 5) is 0.338. The van der Waals surface area contributed by atoms with Crippen molar-refractivity contribution in [3.8, 4) is 0 Å². The van der Waals surface area contributed by atoms with Crippen molar-refractivity contribution >= 4 is 21.6 Å². The maximum atomic E-state index is 12.3. The second-order valence-corrected chi connectivity index (χ2v) is 7.23. The number of halogens is 1. The van der Waals surface area contributed by atoms with Gasteiger partial charge in [0.15, 0.2) is 0 Å². The fourth-order valence-corrected chi connectivity index (χ4v) is 3.95. The molecule has 0 aliphatic rings. The van der Waals surface area contributed by atoms with Crippen molar-refractivity contribution in [1.29, 1.82) is 0 Å². The lowest BCUT2D eigenvalue weighted by Crippen LogP contribution is -2.43. The van der Waals surface area contributed by atoms with Gasteiger partial charge >= 0.3 is 0 Å². The first kappa shape index (κ1) is 15.5. The van der Waals surface area contributed by atoms with Crippen LogP contribution in [0.15, 0.2) is 23.1 Å². The normalized spacial score (nSPS) is 12.7. The molecule has 1 aromatic rings. The van der Waals surface area contributed by atoms with E-state index in [1.807, 2.05) is 32.9 Å². The predicted molar refractivity (Wildman–Crippen MR) is 75.7 cm³/mol. The lowest BCUT2D eigenvalue weighted by Gasteiger charge is -2.25. The van der Waals surface area contributed by atoms with E-state index in [9.17, 15) is 8.42 Å². The largest absolute Gasteiger partial charge is 0.241 e. The van der Waals surface area contributed by atoms with Crippen molar-refractivity contribution in [3.05, 3.63) is 29.3 Å². The third-order valence-corrected chi connectivity index (χ3v) is 4.79. The molecule has 0 atom stereocenters.